The SMILES string of the molecule is COc1ccc(CCNC(=O)CN(Cc2ccco2)C2CC2)cc1OC. The summed E-state index contributed by atoms with van der Waals surface area (Å²) in [5, 5.41) is 3.01. The average molecular weight is 358 g/mol. The van der Waals surface area contributed by atoms with Crippen molar-refractivity contribution < 1.29 is 18.7 Å². The quantitative estimate of drug-likeness (QED) is 0.707. The van der Waals surface area contributed by atoms with Gasteiger partial charge in [0.05, 0.1) is 33.6 Å². The molecule has 0 saturated heterocycles. The molecule has 3 rings (SSSR count). The number of ether oxygens (including phenoxy) is 2. The van der Waals surface area contributed by atoms with Crippen LogP contribution in [0.25, 0.3) is 0 Å². The van der Waals surface area contributed by atoms with Crippen molar-refractivity contribution in [2.75, 3.05) is 27.3 Å². The number of hydrogen-bond acceptors (Lipinski definition) is 5. The van der Waals surface area contributed by atoms with Gasteiger partial charge >= 0.3 is 0 Å². The highest BCUT2D eigenvalue weighted by Crippen LogP contribution is 2.28. The second kappa shape index (κ2) is 8.76. The molecule has 1 heterocycles. The zero-order valence-electron chi connectivity index (χ0n) is 15.4. The van der Waals surface area contributed by atoms with E-state index in [0.717, 1.165) is 30.6 Å². The molecule has 1 aromatic heterocycles. The van der Waals surface area contributed by atoms with Crippen molar-refractivity contribution in [2.45, 2.75) is 31.8 Å². The highest BCUT2D eigenvalue weighted by molar-refractivity contribution is 5.78. The van der Waals surface area contributed by atoms with Crippen molar-refractivity contribution in [3.8, 4) is 11.5 Å². The molecule has 1 aromatic carbocycles. The Kier molecular flexibility index (Phi) is 6.17. The molecule has 26 heavy (non-hydrogen) atoms. The van der Waals surface area contributed by atoms with Gasteiger partial charge in [0, 0.05) is 12.6 Å². The maximum Gasteiger partial charge on any atom is 0.234 e. The van der Waals surface area contributed by atoms with E-state index in [1.54, 1.807) is 20.5 Å². The summed E-state index contributed by atoms with van der Waals surface area (Å²) in [5.41, 5.74) is 1.09. The molecule has 0 radical (unpaired) electrons. The summed E-state index contributed by atoms with van der Waals surface area (Å²) in [5.74, 6) is 2.35. The summed E-state index contributed by atoms with van der Waals surface area (Å²) < 4.78 is 16.0. The molecule has 0 unspecified atom stereocenters. The van der Waals surface area contributed by atoms with E-state index < -0.39 is 0 Å². The van der Waals surface area contributed by atoms with Gasteiger partial charge in [-0.05, 0) is 49.1 Å². The summed E-state index contributed by atoms with van der Waals surface area (Å²) in [4.78, 5) is 14.5. The number of amides is 1. The number of furan rings is 1. The third-order valence-electron chi connectivity index (χ3n) is 4.53. The Labute approximate surface area is 154 Å². The second-order valence-corrected chi connectivity index (χ2v) is 6.50. The first-order valence-corrected chi connectivity index (χ1v) is 8.93. The van der Waals surface area contributed by atoms with Crippen LogP contribution in [0.5, 0.6) is 11.5 Å². The summed E-state index contributed by atoms with van der Waals surface area (Å²) in [6, 6.07) is 10.1. The number of carbonyl (C=O) groups is 1. The predicted octanol–water partition coefficient (Wildman–Crippen LogP) is 2.62. The minimum absolute atomic E-state index is 0.0453. The van der Waals surface area contributed by atoms with Gasteiger partial charge in [0.15, 0.2) is 11.5 Å². The smallest absolute Gasteiger partial charge is 0.234 e. The molecule has 1 saturated carbocycles. The first-order valence-electron chi connectivity index (χ1n) is 8.93. The number of nitrogens with one attached hydrogen (secondary N) is 1. The predicted molar refractivity (Wildman–Crippen MR) is 98.4 cm³/mol. The van der Waals surface area contributed by atoms with Gasteiger partial charge in [-0.15, -0.1) is 0 Å². The lowest BCUT2D eigenvalue weighted by molar-refractivity contribution is -0.122. The fourth-order valence-electron chi connectivity index (χ4n) is 2.98. The van der Waals surface area contributed by atoms with Crippen LogP contribution in [0.15, 0.2) is 41.0 Å². The first kappa shape index (κ1) is 18.3. The molecular formula is C20H26N2O4. The molecule has 6 heteroatoms. The number of benzene rings is 1. The monoisotopic (exact) mass is 358 g/mol. The third-order valence-corrected chi connectivity index (χ3v) is 4.53. The number of rotatable bonds is 10. The number of carbonyl (C=O) groups excluding carboxylic acids is 1. The van der Waals surface area contributed by atoms with Crippen molar-refractivity contribution in [3.05, 3.63) is 47.9 Å². The lowest BCUT2D eigenvalue weighted by atomic mass is 10.1. The average Bonchev–Trinajstić information content (AvgIpc) is 3.38. The Balaban J connectivity index is 1.46. The van der Waals surface area contributed by atoms with Gasteiger partial charge in [-0.1, -0.05) is 6.07 Å². The standard InChI is InChI=1S/C20H26N2O4/c1-24-18-8-5-15(12-19(18)25-2)9-10-21-20(23)14-22(16-6-7-16)13-17-4-3-11-26-17/h3-5,8,11-12,16H,6-7,9-10,13-14H2,1-2H3,(H,21,23). The Morgan fingerprint density at radius 2 is 2.04 bits per heavy atom. The molecule has 1 aliphatic rings. The molecule has 2 aromatic rings. The fraction of sp³-hybridized carbons (Fsp3) is 0.450. The summed E-state index contributed by atoms with van der Waals surface area (Å²) in [6.07, 6.45) is 4.72. The minimum atomic E-state index is 0.0453. The highest BCUT2D eigenvalue weighted by atomic mass is 16.5. The number of methoxy groups -OCH3 is 2. The van der Waals surface area contributed by atoms with Crippen molar-refractivity contribution in [1.82, 2.24) is 10.2 Å². The van der Waals surface area contributed by atoms with E-state index in [9.17, 15) is 4.79 Å². The molecule has 1 amide bonds. The van der Waals surface area contributed by atoms with Crippen molar-refractivity contribution in [1.29, 1.82) is 0 Å². The largest absolute Gasteiger partial charge is 0.493 e. The van der Waals surface area contributed by atoms with Crippen LogP contribution >= 0.6 is 0 Å². The van der Waals surface area contributed by atoms with E-state index in [4.69, 9.17) is 13.9 Å². The van der Waals surface area contributed by atoms with Gasteiger partial charge in [0.25, 0.3) is 0 Å². The molecule has 0 spiro atoms. The van der Waals surface area contributed by atoms with Crippen molar-refractivity contribution >= 4 is 5.91 Å². The van der Waals surface area contributed by atoms with E-state index in [2.05, 4.69) is 10.2 Å². The molecule has 1 N–H and O–H groups in total. The van der Waals surface area contributed by atoms with Crippen LogP contribution in [0.3, 0.4) is 0 Å². The Hall–Kier alpha value is -2.47. The zero-order valence-corrected chi connectivity index (χ0v) is 15.4. The summed E-state index contributed by atoms with van der Waals surface area (Å²) >= 11 is 0. The fourth-order valence-corrected chi connectivity index (χ4v) is 2.98. The molecular weight excluding hydrogens is 332 g/mol. The Morgan fingerprint density at radius 1 is 1.23 bits per heavy atom. The molecule has 0 bridgehead atoms. The van der Waals surface area contributed by atoms with E-state index >= 15 is 0 Å². The molecule has 1 fully saturated rings. The van der Waals surface area contributed by atoms with Gasteiger partial charge in [-0.2, -0.15) is 0 Å². The maximum atomic E-state index is 12.3. The van der Waals surface area contributed by atoms with Crippen LogP contribution in [0.4, 0.5) is 0 Å². The zero-order chi connectivity index (χ0) is 18.4. The molecule has 6 nitrogen and oxygen atoms in total. The first-order chi connectivity index (χ1) is 12.7. The van der Waals surface area contributed by atoms with Gasteiger partial charge < -0.3 is 19.2 Å². The van der Waals surface area contributed by atoms with Crippen LogP contribution in [0, 0.1) is 0 Å². The third kappa shape index (κ3) is 5.02. The lowest BCUT2D eigenvalue weighted by Crippen LogP contribution is -2.38. The van der Waals surface area contributed by atoms with Crippen LogP contribution in [0.2, 0.25) is 0 Å². The van der Waals surface area contributed by atoms with Gasteiger partial charge in [0.1, 0.15) is 5.76 Å². The van der Waals surface area contributed by atoms with Gasteiger partial charge in [-0.25, -0.2) is 0 Å². The molecule has 140 valence electrons. The van der Waals surface area contributed by atoms with E-state index in [1.165, 1.54) is 0 Å². The van der Waals surface area contributed by atoms with Gasteiger partial charge in [0.2, 0.25) is 5.91 Å². The van der Waals surface area contributed by atoms with Crippen molar-refractivity contribution in [3.63, 3.8) is 0 Å². The van der Waals surface area contributed by atoms with E-state index in [-0.39, 0.29) is 5.91 Å². The van der Waals surface area contributed by atoms with Crippen LogP contribution in [-0.4, -0.2) is 44.2 Å². The number of nitrogens with zero attached hydrogens (tertiary/aromatic N) is 1. The normalized spacial score (nSPS) is 13.7. The molecule has 0 atom stereocenters. The Morgan fingerprint density at radius 3 is 2.69 bits per heavy atom. The highest BCUT2D eigenvalue weighted by Gasteiger charge is 2.30. The second-order valence-electron chi connectivity index (χ2n) is 6.50. The van der Waals surface area contributed by atoms with Crippen LogP contribution in [-0.2, 0) is 17.8 Å². The van der Waals surface area contributed by atoms with E-state index in [0.29, 0.717) is 37.2 Å². The van der Waals surface area contributed by atoms with Gasteiger partial charge in [-0.3, -0.25) is 9.69 Å². The topological polar surface area (TPSA) is 63.9 Å². The van der Waals surface area contributed by atoms with Crippen molar-refractivity contribution in [2.24, 2.45) is 0 Å². The summed E-state index contributed by atoms with van der Waals surface area (Å²) in [7, 11) is 3.24. The lowest BCUT2D eigenvalue weighted by Gasteiger charge is -2.20. The Bertz CT molecular complexity index is 711. The number of hydrogen-bond donors (Lipinski definition) is 1. The van der Waals surface area contributed by atoms with Crippen LogP contribution in [0.1, 0.15) is 24.2 Å². The summed E-state index contributed by atoms with van der Waals surface area (Å²) in [6.45, 7) is 1.67. The molecule has 0 aliphatic heterocycles. The maximum absolute atomic E-state index is 12.3. The minimum Gasteiger partial charge on any atom is -0.493 e. The van der Waals surface area contributed by atoms with E-state index in [1.807, 2.05) is 30.3 Å². The molecule has 1 aliphatic carbocycles. The van der Waals surface area contributed by atoms with Crippen LogP contribution < -0.4 is 14.8 Å².